The number of rotatable bonds is 7. The summed E-state index contributed by atoms with van der Waals surface area (Å²) in [6, 6.07) is 0. The number of carbonyl (C=O) groups is 2. The molecule has 17 heavy (non-hydrogen) atoms. The number of aliphatic hydroxyl groups is 1. The SMILES string of the molecule is COC(=O)COCC(O)COC(=O)C(C)(F)F. The number of ether oxygens (including phenoxy) is 3. The van der Waals surface area contributed by atoms with E-state index in [1.54, 1.807) is 0 Å². The van der Waals surface area contributed by atoms with Gasteiger partial charge in [-0.15, -0.1) is 0 Å². The summed E-state index contributed by atoms with van der Waals surface area (Å²) in [7, 11) is 1.16. The summed E-state index contributed by atoms with van der Waals surface area (Å²) < 4.78 is 37.7. The molecule has 1 unspecified atom stereocenters. The molecule has 0 aliphatic rings. The van der Waals surface area contributed by atoms with Gasteiger partial charge in [0.15, 0.2) is 0 Å². The summed E-state index contributed by atoms with van der Waals surface area (Å²) in [4.78, 5) is 21.2. The molecule has 0 aliphatic heterocycles. The Morgan fingerprint density at radius 3 is 2.41 bits per heavy atom. The van der Waals surface area contributed by atoms with E-state index in [0.29, 0.717) is 6.92 Å². The average Bonchev–Trinajstić information content (AvgIpc) is 2.24. The Labute approximate surface area is 96.4 Å². The highest BCUT2D eigenvalue weighted by Gasteiger charge is 2.34. The summed E-state index contributed by atoms with van der Waals surface area (Å²) in [5.41, 5.74) is 0. The third-order valence-corrected chi connectivity index (χ3v) is 1.52. The van der Waals surface area contributed by atoms with Crippen LogP contribution in [0.1, 0.15) is 6.92 Å². The molecule has 0 aromatic heterocycles. The first-order valence-corrected chi connectivity index (χ1v) is 4.65. The molecule has 0 radical (unpaired) electrons. The molecule has 0 spiro atoms. The van der Waals surface area contributed by atoms with Crippen LogP contribution in [-0.2, 0) is 23.8 Å². The molecule has 0 aliphatic carbocycles. The lowest BCUT2D eigenvalue weighted by molar-refractivity contribution is -0.173. The van der Waals surface area contributed by atoms with Crippen LogP contribution in [0, 0.1) is 0 Å². The summed E-state index contributed by atoms with van der Waals surface area (Å²) in [6.07, 6.45) is -1.29. The van der Waals surface area contributed by atoms with Crippen LogP contribution in [0.15, 0.2) is 0 Å². The van der Waals surface area contributed by atoms with Gasteiger partial charge in [-0.1, -0.05) is 0 Å². The lowest BCUT2D eigenvalue weighted by Crippen LogP contribution is -2.32. The van der Waals surface area contributed by atoms with E-state index in [1.165, 1.54) is 0 Å². The molecular weight excluding hydrogens is 242 g/mol. The van der Waals surface area contributed by atoms with Crippen molar-refractivity contribution in [3.8, 4) is 0 Å². The summed E-state index contributed by atoms with van der Waals surface area (Å²) in [6.45, 7) is -0.970. The van der Waals surface area contributed by atoms with Crippen LogP contribution in [0.3, 0.4) is 0 Å². The Morgan fingerprint density at radius 2 is 1.94 bits per heavy atom. The van der Waals surface area contributed by atoms with Crippen LogP contribution < -0.4 is 0 Å². The molecule has 8 heteroatoms. The molecule has 0 aromatic carbocycles. The van der Waals surface area contributed by atoms with Crippen molar-refractivity contribution in [2.24, 2.45) is 0 Å². The molecule has 0 amide bonds. The van der Waals surface area contributed by atoms with Crippen LogP contribution in [0.2, 0.25) is 0 Å². The first-order valence-electron chi connectivity index (χ1n) is 4.65. The van der Waals surface area contributed by atoms with Gasteiger partial charge in [-0.3, -0.25) is 0 Å². The van der Waals surface area contributed by atoms with Gasteiger partial charge < -0.3 is 19.3 Å². The minimum absolute atomic E-state index is 0.336. The largest absolute Gasteiger partial charge is 0.467 e. The van der Waals surface area contributed by atoms with Crippen molar-refractivity contribution in [2.45, 2.75) is 19.0 Å². The molecule has 0 saturated carbocycles. The fourth-order valence-corrected chi connectivity index (χ4v) is 0.684. The summed E-state index contributed by atoms with van der Waals surface area (Å²) in [5.74, 6) is -5.98. The van der Waals surface area contributed by atoms with Gasteiger partial charge in [-0.05, 0) is 0 Å². The van der Waals surface area contributed by atoms with Crippen molar-refractivity contribution in [3.63, 3.8) is 0 Å². The molecule has 0 aromatic rings. The molecule has 6 nitrogen and oxygen atoms in total. The molecule has 1 N–H and O–H groups in total. The fraction of sp³-hybridized carbons (Fsp3) is 0.778. The first-order chi connectivity index (χ1) is 7.77. The Hall–Kier alpha value is -1.28. The molecule has 1 atom stereocenters. The van der Waals surface area contributed by atoms with Gasteiger partial charge in [-0.25, -0.2) is 9.59 Å². The van der Waals surface area contributed by atoms with E-state index in [1.807, 2.05) is 0 Å². The number of halogens is 2. The maximum atomic E-state index is 12.3. The minimum atomic E-state index is -3.60. The van der Waals surface area contributed by atoms with Crippen LogP contribution in [0.5, 0.6) is 0 Å². The minimum Gasteiger partial charge on any atom is -0.467 e. The van der Waals surface area contributed by atoms with Crippen molar-refractivity contribution in [1.29, 1.82) is 0 Å². The quantitative estimate of drug-likeness (QED) is 0.632. The normalized spacial score (nSPS) is 13.0. The molecular formula is C9H14F2O6. The second kappa shape index (κ2) is 7.13. The predicted molar refractivity (Wildman–Crippen MR) is 50.4 cm³/mol. The van der Waals surface area contributed by atoms with E-state index in [9.17, 15) is 18.4 Å². The van der Waals surface area contributed by atoms with E-state index in [-0.39, 0.29) is 13.2 Å². The number of carbonyl (C=O) groups excluding carboxylic acids is 2. The number of aliphatic hydroxyl groups excluding tert-OH is 1. The van der Waals surface area contributed by atoms with Crippen LogP contribution in [-0.4, -0.2) is 56.0 Å². The highest BCUT2D eigenvalue weighted by atomic mass is 19.3. The van der Waals surface area contributed by atoms with Crippen molar-refractivity contribution in [3.05, 3.63) is 0 Å². The molecule has 0 rings (SSSR count). The predicted octanol–water partition coefficient (Wildman–Crippen LogP) is -0.265. The summed E-state index contributed by atoms with van der Waals surface area (Å²) in [5, 5.41) is 9.15. The Bertz CT molecular complexity index is 263. The number of hydrogen-bond acceptors (Lipinski definition) is 6. The van der Waals surface area contributed by atoms with Gasteiger partial charge in [0.1, 0.15) is 19.3 Å². The second-order valence-corrected chi connectivity index (χ2v) is 3.23. The standard InChI is InChI=1S/C9H14F2O6/c1-9(10,11)8(14)17-4-6(12)3-16-5-7(13)15-2/h6,12H,3-5H2,1-2H3. The van der Waals surface area contributed by atoms with Gasteiger partial charge in [-0.2, -0.15) is 8.78 Å². The maximum absolute atomic E-state index is 12.3. The highest BCUT2D eigenvalue weighted by Crippen LogP contribution is 2.13. The zero-order valence-electron chi connectivity index (χ0n) is 9.44. The van der Waals surface area contributed by atoms with E-state index in [4.69, 9.17) is 5.11 Å². The van der Waals surface area contributed by atoms with E-state index >= 15 is 0 Å². The Morgan fingerprint density at radius 1 is 1.35 bits per heavy atom. The summed E-state index contributed by atoms with van der Waals surface area (Å²) >= 11 is 0. The van der Waals surface area contributed by atoms with E-state index in [2.05, 4.69) is 14.2 Å². The lowest BCUT2D eigenvalue weighted by atomic mass is 10.4. The molecule has 0 bridgehead atoms. The lowest BCUT2D eigenvalue weighted by Gasteiger charge is -2.13. The number of esters is 2. The van der Waals surface area contributed by atoms with Gasteiger partial charge in [0, 0.05) is 6.92 Å². The van der Waals surface area contributed by atoms with E-state index < -0.39 is 30.6 Å². The smallest absolute Gasteiger partial charge is 0.376 e. The van der Waals surface area contributed by atoms with Gasteiger partial charge in [0.25, 0.3) is 0 Å². The van der Waals surface area contributed by atoms with Gasteiger partial charge in [0.05, 0.1) is 13.7 Å². The average molecular weight is 256 g/mol. The first kappa shape index (κ1) is 15.7. The zero-order chi connectivity index (χ0) is 13.5. The molecule has 0 fully saturated rings. The Kier molecular flexibility index (Phi) is 6.59. The van der Waals surface area contributed by atoms with E-state index in [0.717, 1.165) is 7.11 Å². The maximum Gasteiger partial charge on any atom is 0.376 e. The topological polar surface area (TPSA) is 82.1 Å². The van der Waals surface area contributed by atoms with Crippen molar-refractivity contribution in [2.75, 3.05) is 26.9 Å². The third-order valence-electron chi connectivity index (χ3n) is 1.52. The molecule has 100 valence electrons. The molecule has 0 heterocycles. The van der Waals surface area contributed by atoms with Crippen LogP contribution >= 0.6 is 0 Å². The number of methoxy groups -OCH3 is 1. The second-order valence-electron chi connectivity index (χ2n) is 3.23. The zero-order valence-corrected chi connectivity index (χ0v) is 9.44. The van der Waals surface area contributed by atoms with Gasteiger partial charge in [0.2, 0.25) is 0 Å². The number of alkyl halides is 2. The van der Waals surface area contributed by atoms with Gasteiger partial charge >= 0.3 is 17.9 Å². The van der Waals surface area contributed by atoms with Crippen molar-refractivity contribution in [1.82, 2.24) is 0 Å². The monoisotopic (exact) mass is 256 g/mol. The third kappa shape index (κ3) is 7.58. The molecule has 0 saturated heterocycles. The highest BCUT2D eigenvalue weighted by molar-refractivity contribution is 5.76. The Balaban J connectivity index is 3.70. The fourth-order valence-electron chi connectivity index (χ4n) is 0.684. The van der Waals surface area contributed by atoms with Crippen molar-refractivity contribution >= 4 is 11.9 Å². The van der Waals surface area contributed by atoms with Crippen LogP contribution in [0.25, 0.3) is 0 Å². The van der Waals surface area contributed by atoms with Crippen LogP contribution in [0.4, 0.5) is 8.78 Å². The number of hydrogen-bond donors (Lipinski definition) is 1. The van der Waals surface area contributed by atoms with Crippen molar-refractivity contribution < 1.29 is 37.7 Å².